The third-order valence-electron chi connectivity index (χ3n) is 3.20. The van der Waals surface area contributed by atoms with Crippen molar-refractivity contribution in [3.63, 3.8) is 0 Å². The van der Waals surface area contributed by atoms with E-state index in [1.165, 1.54) is 0 Å². The molecule has 108 valence electrons. The molecule has 1 fully saturated rings. The number of ether oxygens (including phenoxy) is 3. The predicted molar refractivity (Wildman–Crippen MR) is 71.0 cm³/mol. The summed E-state index contributed by atoms with van der Waals surface area (Å²) < 4.78 is 14.9. The molecule has 0 amide bonds. The number of esters is 1. The molecule has 0 radical (unpaired) electrons. The molecule has 1 aliphatic heterocycles. The monoisotopic (exact) mass is 278 g/mol. The van der Waals surface area contributed by atoms with Crippen molar-refractivity contribution in [2.75, 3.05) is 6.61 Å². The molecular weight excluding hydrogens is 260 g/mol. The Morgan fingerprint density at radius 2 is 2.00 bits per heavy atom. The van der Waals surface area contributed by atoms with Crippen LogP contribution in [0.25, 0.3) is 0 Å². The van der Waals surface area contributed by atoms with Gasteiger partial charge in [0.15, 0.2) is 0 Å². The van der Waals surface area contributed by atoms with Gasteiger partial charge < -0.3 is 14.2 Å². The van der Waals surface area contributed by atoms with Crippen molar-refractivity contribution >= 4 is 12.1 Å². The molecule has 1 unspecified atom stereocenters. The van der Waals surface area contributed by atoms with Crippen LogP contribution in [0.15, 0.2) is 24.3 Å². The fourth-order valence-corrected chi connectivity index (χ4v) is 1.89. The standard InChI is InChI=1S/C15H18O5/c1-10-4-6-11(7-5-10)8-18-14(17)20-12-13(16)19-9-15(12,2)3/h4-7,12H,8-9H2,1-3H3. The van der Waals surface area contributed by atoms with Gasteiger partial charge in [-0.2, -0.15) is 0 Å². The van der Waals surface area contributed by atoms with Crippen LogP contribution in [0.3, 0.4) is 0 Å². The van der Waals surface area contributed by atoms with Crippen LogP contribution in [0.5, 0.6) is 0 Å². The second-order valence-corrected chi connectivity index (χ2v) is 5.62. The van der Waals surface area contributed by atoms with E-state index in [1.54, 1.807) is 13.8 Å². The van der Waals surface area contributed by atoms with E-state index < -0.39 is 23.6 Å². The Kier molecular flexibility index (Phi) is 3.97. The fourth-order valence-electron chi connectivity index (χ4n) is 1.89. The summed E-state index contributed by atoms with van der Waals surface area (Å²) in [5.74, 6) is -0.526. The van der Waals surface area contributed by atoms with E-state index in [1.807, 2.05) is 31.2 Å². The normalized spacial score (nSPS) is 20.4. The molecule has 0 spiro atoms. The zero-order valence-electron chi connectivity index (χ0n) is 11.8. The quantitative estimate of drug-likeness (QED) is 0.795. The van der Waals surface area contributed by atoms with E-state index in [-0.39, 0.29) is 13.2 Å². The van der Waals surface area contributed by atoms with Gasteiger partial charge in [0.2, 0.25) is 6.10 Å². The van der Waals surface area contributed by atoms with Gasteiger partial charge in [-0.3, -0.25) is 0 Å². The molecule has 0 bridgehead atoms. The third kappa shape index (κ3) is 3.29. The summed E-state index contributed by atoms with van der Waals surface area (Å²) in [6.45, 7) is 5.93. The average molecular weight is 278 g/mol. The number of cyclic esters (lactones) is 1. The smallest absolute Gasteiger partial charge is 0.462 e. The van der Waals surface area contributed by atoms with Gasteiger partial charge in [0.05, 0.1) is 0 Å². The number of carbonyl (C=O) groups is 2. The highest BCUT2D eigenvalue weighted by Crippen LogP contribution is 2.31. The zero-order chi connectivity index (χ0) is 14.8. The lowest BCUT2D eigenvalue weighted by Crippen LogP contribution is -2.35. The molecule has 2 rings (SSSR count). The van der Waals surface area contributed by atoms with Crippen molar-refractivity contribution in [2.24, 2.45) is 5.41 Å². The van der Waals surface area contributed by atoms with Crippen molar-refractivity contribution in [1.29, 1.82) is 0 Å². The first-order chi connectivity index (χ1) is 9.38. The Morgan fingerprint density at radius 1 is 1.35 bits per heavy atom. The maximum atomic E-state index is 11.6. The minimum Gasteiger partial charge on any atom is -0.462 e. The van der Waals surface area contributed by atoms with Crippen LogP contribution in [0.2, 0.25) is 0 Å². The molecule has 5 nitrogen and oxygen atoms in total. The van der Waals surface area contributed by atoms with E-state index in [0.717, 1.165) is 11.1 Å². The summed E-state index contributed by atoms with van der Waals surface area (Å²) in [4.78, 5) is 23.1. The zero-order valence-corrected chi connectivity index (χ0v) is 11.8. The highest BCUT2D eigenvalue weighted by atomic mass is 16.7. The molecule has 1 atom stereocenters. The Hall–Kier alpha value is -2.04. The molecule has 1 aliphatic rings. The Bertz CT molecular complexity index is 504. The SMILES string of the molecule is Cc1ccc(COC(=O)OC2C(=O)OCC2(C)C)cc1. The van der Waals surface area contributed by atoms with E-state index in [0.29, 0.717) is 0 Å². The van der Waals surface area contributed by atoms with Crippen LogP contribution >= 0.6 is 0 Å². The number of aryl methyl sites for hydroxylation is 1. The van der Waals surface area contributed by atoms with Crippen LogP contribution in [0.4, 0.5) is 4.79 Å². The van der Waals surface area contributed by atoms with Crippen LogP contribution in [-0.4, -0.2) is 24.8 Å². The largest absolute Gasteiger partial charge is 0.509 e. The molecule has 1 aromatic carbocycles. The summed E-state index contributed by atoms with van der Waals surface area (Å²) in [6.07, 6.45) is -1.77. The Labute approximate surface area is 117 Å². The topological polar surface area (TPSA) is 61.8 Å². The van der Waals surface area contributed by atoms with Crippen molar-refractivity contribution in [3.05, 3.63) is 35.4 Å². The summed E-state index contributed by atoms with van der Waals surface area (Å²) in [7, 11) is 0. The summed E-state index contributed by atoms with van der Waals surface area (Å²) in [5, 5.41) is 0. The molecule has 20 heavy (non-hydrogen) atoms. The molecule has 1 heterocycles. The minimum absolute atomic E-state index is 0.112. The molecule has 0 aromatic heterocycles. The van der Waals surface area contributed by atoms with Crippen molar-refractivity contribution in [2.45, 2.75) is 33.5 Å². The van der Waals surface area contributed by atoms with Crippen LogP contribution < -0.4 is 0 Å². The fraction of sp³-hybridized carbons (Fsp3) is 0.467. The predicted octanol–water partition coefficient (Wildman–Crippen LogP) is 2.60. The lowest BCUT2D eigenvalue weighted by molar-refractivity contribution is -0.146. The van der Waals surface area contributed by atoms with Crippen LogP contribution in [0, 0.1) is 12.3 Å². The van der Waals surface area contributed by atoms with Crippen molar-refractivity contribution < 1.29 is 23.8 Å². The summed E-state index contributed by atoms with van der Waals surface area (Å²) >= 11 is 0. The highest BCUT2D eigenvalue weighted by Gasteiger charge is 2.46. The lowest BCUT2D eigenvalue weighted by atomic mass is 9.90. The summed E-state index contributed by atoms with van der Waals surface area (Å²) in [5.41, 5.74) is 1.47. The molecule has 0 aliphatic carbocycles. The van der Waals surface area contributed by atoms with Gasteiger partial charge >= 0.3 is 12.1 Å². The van der Waals surface area contributed by atoms with E-state index in [9.17, 15) is 9.59 Å². The first-order valence-electron chi connectivity index (χ1n) is 6.44. The Morgan fingerprint density at radius 3 is 2.55 bits per heavy atom. The maximum absolute atomic E-state index is 11.6. The van der Waals surface area contributed by atoms with Gasteiger partial charge in [-0.1, -0.05) is 43.7 Å². The van der Waals surface area contributed by atoms with Crippen LogP contribution in [0.1, 0.15) is 25.0 Å². The number of rotatable bonds is 3. The molecular formula is C15H18O5. The molecule has 1 saturated heterocycles. The highest BCUT2D eigenvalue weighted by molar-refractivity contribution is 5.80. The van der Waals surface area contributed by atoms with Crippen LogP contribution in [-0.2, 0) is 25.6 Å². The lowest BCUT2D eigenvalue weighted by Gasteiger charge is -2.21. The average Bonchev–Trinajstić information content (AvgIpc) is 2.65. The molecule has 0 N–H and O–H groups in total. The molecule has 5 heteroatoms. The molecule has 0 saturated carbocycles. The van der Waals surface area contributed by atoms with Gasteiger partial charge in [0, 0.05) is 5.41 Å². The second kappa shape index (κ2) is 5.53. The Balaban J connectivity index is 1.86. The number of hydrogen-bond donors (Lipinski definition) is 0. The van der Waals surface area contributed by atoms with Crippen molar-refractivity contribution in [1.82, 2.24) is 0 Å². The first-order valence-corrected chi connectivity index (χ1v) is 6.44. The maximum Gasteiger partial charge on any atom is 0.509 e. The third-order valence-corrected chi connectivity index (χ3v) is 3.20. The van der Waals surface area contributed by atoms with Gasteiger partial charge in [-0.05, 0) is 12.5 Å². The number of carbonyl (C=O) groups excluding carboxylic acids is 2. The minimum atomic E-state index is -0.909. The number of hydrogen-bond acceptors (Lipinski definition) is 5. The van der Waals surface area contributed by atoms with Gasteiger partial charge in [-0.25, -0.2) is 9.59 Å². The second-order valence-electron chi connectivity index (χ2n) is 5.62. The first kappa shape index (κ1) is 14.4. The van der Waals surface area contributed by atoms with E-state index in [2.05, 4.69) is 0 Å². The number of benzene rings is 1. The van der Waals surface area contributed by atoms with E-state index >= 15 is 0 Å². The van der Waals surface area contributed by atoms with E-state index in [4.69, 9.17) is 14.2 Å². The van der Waals surface area contributed by atoms with Gasteiger partial charge in [0.25, 0.3) is 0 Å². The van der Waals surface area contributed by atoms with Crippen molar-refractivity contribution in [3.8, 4) is 0 Å². The van der Waals surface area contributed by atoms with Gasteiger partial charge in [0.1, 0.15) is 13.2 Å². The molecule has 1 aromatic rings. The summed E-state index contributed by atoms with van der Waals surface area (Å²) in [6, 6.07) is 7.61. The van der Waals surface area contributed by atoms with Gasteiger partial charge in [-0.15, -0.1) is 0 Å².